The minimum atomic E-state index is -0.987. The van der Waals surface area contributed by atoms with E-state index in [0.717, 1.165) is 31.2 Å². The maximum atomic E-state index is 13.8. The van der Waals surface area contributed by atoms with Crippen LogP contribution in [0.15, 0.2) is 71.3 Å². The number of carbonyl (C=O) groups excluding carboxylic acids is 2. The molecule has 1 aliphatic carbocycles. The highest BCUT2D eigenvalue weighted by atomic mass is 35.5. The van der Waals surface area contributed by atoms with Crippen LogP contribution in [0.3, 0.4) is 0 Å². The molecule has 2 amide bonds. The molecule has 4 aromatic rings. The standard InChI is InChI=1S/C25H24ClN5O3/c26-17-11-13-19(14-12-17)31(23(32)16-30-21-9-4-3-8-20(21)28-29-30)24(22-10-5-15-34-22)25(33)27-18-6-1-2-7-18/h3-5,8-15,18,24H,1-2,6-7,16H2,(H,27,33). The van der Waals surface area contributed by atoms with Gasteiger partial charge in [0.1, 0.15) is 17.8 Å². The zero-order valence-electron chi connectivity index (χ0n) is 18.4. The van der Waals surface area contributed by atoms with E-state index < -0.39 is 6.04 Å². The number of carbonyl (C=O) groups is 2. The van der Waals surface area contributed by atoms with E-state index in [1.54, 1.807) is 36.4 Å². The van der Waals surface area contributed by atoms with E-state index in [0.29, 0.717) is 22.0 Å². The molecule has 34 heavy (non-hydrogen) atoms. The number of para-hydroxylation sites is 1. The van der Waals surface area contributed by atoms with Crippen LogP contribution in [0.4, 0.5) is 5.69 Å². The number of benzene rings is 2. The summed E-state index contributed by atoms with van der Waals surface area (Å²) in [5.41, 5.74) is 1.95. The van der Waals surface area contributed by atoms with Crippen molar-refractivity contribution in [2.45, 2.75) is 44.3 Å². The van der Waals surface area contributed by atoms with Crippen molar-refractivity contribution in [3.05, 3.63) is 77.7 Å². The van der Waals surface area contributed by atoms with Gasteiger partial charge in [0.05, 0.1) is 11.8 Å². The molecule has 174 valence electrons. The maximum Gasteiger partial charge on any atom is 0.251 e. The van der Waals surface area contributed by atoms with Gasteiger partial charge in [-0.05, 0) is 61.4 Å². The zero-order chi connectivity index (χ0) is 23.5. The van der Waals surface area contributed by atoms with Crippen LogP contribution in [0.1, 0.15) is 37.5 Å². The van der Waals surface area contributed by atoms with Crippen LogP contribution in [0.25, 0.3) is 11.0 Å². The zero-order valence-corrected chi connectivity index (χ0v) is 19.2. The smallest absolute Gasteiger partial charge is 0.251 e. The summed E-state index contributed by atoms with van der Waals surface area (Å²) in [6.07, 6.45) is 5.51. The molecule has 2 aromatic carbocycles. The quantitative estimate of drug-likeness (QED) is 0.422. The molecule has 1 fully saturated rings. The average molecular weight is 478 g/mol. The molecule has 1 N–H and O–H groups in total. The first-order chi connectivity index (χ1) is 16.6. The summed E-state index contributed by atoms with van der Waals surface area (Å²) >= 11 is 6.11. The molecule has 1 aliphatic rings. The number of nitrogens with one attached hydrogen (secondary N) is 1. The molecule has 0 bridgehead atoms. The number of halogens is 1. The molecular formula is C25H24ClN5O3. The molecule has 1 unspecified atom stereocenters. The molecule has 0 aliphatic heterocycles. The highest BCUT2D eigenvalue weighted by molar-refractivity contribution is 6.30. The van der Waals surface area contributed by atoms with Gasteiger partial charge in [-0.2, -0.15) is 0 Å². The van der Waals surface area contributed by atoms with Crippen molar-refractivity contribution >= 4 is 40.1 Å². The molecule has 0 saturated heterocycles. The van der Waals surface area contributed by atoms with Crippen LogP contribution >= 0.6 is 11.6 Å². The Kier molecular flexibility index (Phi) is 6.31. The third-order valence-electron chi connectivity index (χ3n) is 6.10. The first kappa shape index (κ1) is 22.2. The highest BCUT2D eigenvalue weighted by Crippen LogP contribution is 2.31. The summed E-state index contributed by atoms with van der Waals surface area (Å²) in [5, 5.41) is 11.9. The van der Waals surface area contributed by atoms with Gasteiger partial charge in [-0.15, -0.1) is 5.10 Å². The van der Waals surface area contributed by atoms with Crippen molar-refractivity contribution < 1.29 is 14.0 Å². The Morgan fingerprint density at radius 3 is 2.59 bits per heavy atom. The second-order valence-electron chi connectivity index (χ2n) is 8.38. The van der Waals surface area contributed by atoms with E-state index in [-0.39, 0.29) is 24.4 Å². The van der Waals surface area contributed by atoms with Crippen molar-refractivity contribution in [3.63, 3.8) is 0 Å². The number of anilines is 1. The Labute approximate surface area is 201 Å². The number of nitrogens with zero attached hydrogens (tertiary/aromatic N) is 4. The van der Waals surface area contributed by atoms with Crippen LogP contribution in [-0.4, -0.2) is 32.9 Å². The van der Waals surface area contributed by atoms with Crippen molar-refractivity contribution in [1.29, 1.82) is 0 Å². The van der Waals surface area contributed by atoms with Gasteiger partial charge in [0.15, 0.2) is 6.04 Å². The number of fused-ring (bicyclic) bond motifs is 1. The van der Waals surface area contributed by atoms with Crippen LogP contribution < -0.4 is 10.2 Å². The van der Waals surface area contributed by atoms with Crippen LogP contribution in [0, 0.1) is 0 Å². The van der Waals surface area contributed by atoms with E-state index >= 15 is 0 Å². The van der Waals surface area contributed by atoms with Gasteiger partial charge in [-0.1, -0.05) is 41.8 Å². The Bertz CT molecular complexity index is 1280. The molecule has 2 heterocycles. The fourth-order valence-electron chi connectivity index (χ4n) is 4.45. The largest absolute Gasteiger partial charge is 0.467 e. The summed E-state index contributed by atoms with van der Waals surface area (Å²) in [7, 11) is 0. The molecular weight excluding hydrogens is 454 g/mol. The summed E-state index contributed by atoms with van der Waals surface area (Å²) in [6, 6.07) is 16.8. The highest BCUT2D eigenvalue weighted by Gasteiger charge is 2.36. The Balaban J connectivity index is 1.53. The topological polar surface area (TPSA) is 93.3 Å². The van der Waals surface area contributed by atoms with Crippen molar-refractivity contribution in [1.82, 2.24) is 20.3 Å². The minimum Gasteiger partial charge on any atom is -0.467 e. The first-order valence-electron chi connectivity index (χ1n) is 11.3. The van der Waals surface area contributed by atoms with Crippen LogP contribution in [0.5, 0.6) is 0 Å². The third kappa shape index (κ3) is 4.54. The molecule has 5 rings (SSSR count). The van der Waals surface area contributed by atoms with Gasteiger partial charge in [0, 0.05) is 16.8 Å². The number of rotatable bonds is 7. The van der Waals surface area contributed by atoms with Gasteiger partial charge in [0.25, 0.3) is 5.91 Å². The fraction of sp³-hybridized carbons (Fsp3) is 0.280. The second-order valence-corrected chi connectivity index (χ2v) is 8.82. The van der Waals surface area contributed by atoms with Gasteiger partial charge in [0.2, 0.25) is 5.91 Å². The minimum absolute atomic E-state index is 0.0893. The average Bonchev–Trinajstić information content (AvgIpc) is 3.61. The van der Waals surface area contributed by atoms with Crippen LogP contribution in [0.2, 0.25) is 5.02 Å². The Hall–Kier alpha value is -3.65. The lowest BCUT2D eigenvalue weighted by Gasteiger charge is -2.31. The number of amides is 2. The van der Waals surface area contributed by atoms with Gasteiger partial charge < -0.3 is 9.73 Å². The number of hydrogen-bond donors (Lipinski definition) is 1. The fourth-order valence-corrected chi connectivity index (χ4v) is 4.57. The van der Waals surface area contributed by atoms with Crippen molar-refractivity contribution in [2.75, 3.05) is 4.90 Å². The second kappa shape index (κ2) is 9.69. The van der Waals surface area contributed by atoms with Crippen LogP contribution in [-0.2, 0) is 16.1 Å². The SMILES string of the molecule is O=C(NC1CCCC1)C(c1ccco1)N(C(=O)Cn1nnc2ccccc21)c1ccc(Cl)cc1. The van der Waals surface area contributed by atoms with Gasteiger partial charge in [-0.25, -0.2) is 4.68 Å². The maximum absolute atomic E-state index is 13.8. The van der Waals surface area contributed by atoms with E-state index in [1.807, 2.05) is 24.3 Å². The molecule has 8 nitrogen and oxygen atoms in total. The normalized spacial score (nSPS) is 14.9. The monoisotopic (exact) mass is 477 g/mol. The first-order valence-corrected chi connectivity index (χ1v) is 11.7. The molecule has 1 saturated carbocycles. The number of hydrogen-bond acceptors (Lipinski definition) is 5. The lowest BCUT2D eigenvalue weighted by Crippen LogP contribution is -2.47. The molecule has 0 radical (unpaired) electrons. The van der Waals surface area contributed by atoms with E-state index in [4.69, 9.17) is 16.0 Å². The number of furan rings is 1. The summed E-state index contributed by atoms with van der Waals surface area (Å²) in [4.78, 5) is 28.8. The van der Waals surface area contributed by atoms with Crippen molar-refractivity contribution in [2.24, 2.45) is 0 Å². The predicted molar refractivity (Wildman–Crippen MR) is 128 cm³/mol. The number of aromatic nitrogens is 3. The molecule has 1 atom stereocenters. The summed E-state index contributed by atoms with van der Waals surface area (Å²) in [6.45, 7) is -0.100. The molecule has 2 aromatic heterocycles. The lowest BCUT2D eigenvalue weighted by molar-refractivity contribution is -0.127. The molecule has 9 heteroatoms. The van der Waals surface area contributed by atoms with Crippen molar-refractivity contribution in [3.8, 4) is 0 Å². The third-order valence-corrected chi connectivity index (χ3v) is 6.35. The Morgan fingerprint density at radius 2 is 1.85 bits per heavy atom. The summed E-state index contributed by atoms with van der Waals surface area (Å²) in [5.74, 6) is -0.239. The van der Waals surface area contributed by atoms with E-state index in [2.05, 4.69) is 15.6 Å². The van der Waals surface area contributed by atoms with Gasteiger partial charge in [-0.3, -0.25) is 14.5 Å². The van der Waals surface area contributed by atoms with E-state index in [9.17, 15) is 9.59 Å². The Morgan fingerprint density at radius 1 is 1.09 bits per heavy atom. The lowest BCUT2D eigenvalue weighted by atomic mass is 10.1. The van der Waals surface area contributed by atoms with Gasteiger partial charge >= 0.3 is 0 Å². The van der Waals surface area contributed by atoms with E-state index in [1.165, 1.54) is 15.8 Å². The summed E-state index contributed by atoms with van der Waals surface area (Å²) < 4.78 is 7.18. The predicted octanol–water partition coefficient (Wildman–Crippen LogP) is 4.51. The molecule has 0 spiro atoms.